The van der Waals surface area contributed by atoms with E-state index in [4.69, 9.17) is 23.2 Å². The molecule has 40 heavy (non-hydrogen) atoms. The predicted molar refractivity (Wildman–Crippen MR) is 154 cm³/mol. The van der Waals surface area contributed by atoms with E-state index in [-0.39, 0.29) is 38.4 Å². The summed E-state index contributed by atoms with van der Waals surface area (Å²) in [6.45, 7) is 0.222. The van der Waals surface area contributed by atoms with Gasteiger partial charge in [0.1, 0.15) is 0 Å². The molecule has 0 saturated carbocycles. The van der Waals surface area contributed by atoms with Crippen molar-refractivity contribution < 1.29 is 24.3 Å². The van der Waals surface area contributed by atoms with E-state index in [9.17, 15) is 24.3 Å². The number of rotatable bonds is 13. The summed E-state index contributed by atoms with van der Waals surface area (Å²) < 4.78 is 0. The largest absolute Gasteiger partial charge is 0.481 e. The number of benzene rings is 3. The molecule has 3 rings (SSSR count). The first kappa shape index (κ1) is 30.5. The Morgan fingerprint density at radius 2 is 1.48 bits per heavy atom. The third kappa shape index (κ3) is 10.2. The molecular formula is C29H30Cl2N4O5. The van der Waals surface area contributed by atoms with Crippen molar-refractivity contribution in [2.75, 3.05) is 13.1 Å². The van der Waals surface area contributed by atoms with Crippen molar-refractivity contribution in [1.82, 2.24) is 21.3 Å². The Hall–Kier alpha value is -4.08. The normalized spacial score (nSPS) is 11.2. The van der Waals surface area contributed by atoms with Crippen molar-refractivity contribution in [1.29, 1.82) is 0 Å². The van der Waals surface area contributed by atoms with Gasteiger partial charge in [-0.3, -0.25) is 14.4 Å². The predicted octanol–water partition coefficient (Wildman–Crippen LogP) is 4.69. The third-order valence-corrected chi connectivity index (χ3v) is 6.62. The lowest BCUT2D eigenvalue weighted by molar-refractivity contribution is -0.138. The van der Waals surface area contributed by atoms with Crippen LogP contribution in [-0.2, 0) is 20.9 Å². The summed E-state index contributed by atoms with van der Waals surface area (Å²) in [5.41, 5.74) is 3.42. The molecule has 0 aliphatic heterocycles. The fourth-order valence-corrected chi connectivity index (χ4v) is 4.14. The van der Waals surface area contributed by atoms with Crippen molar-refractivity contribution in [3.63, 3.8) is 0 Å². The highest BCUT2D eigenvalue weighted by atomic mass is 35.5. The fourth-order valence-electron chi connectivity index (χ4n) is 3.82. The number of carbonyl (C=O) groups excluding carboxylic acids is 3. The van der Waals surface area contributed by atoms with E-state index in [1.54, 1.807) is 30.3 Å². The molecule has 0 fully saturated rings. The smallest absolute Gasteiger partial charge is 0.315 e. The molecule has 210 valence electrons. The average molecular weight is 585 g/mol. The van der Waals surface area contributed by atoms with E-state index >= 15 is 0 Å². The van der Waals surface area contributed by atoms with Crippen LogP contribution in [0.15, 0.2) is 72.8 Å². The van der Waals surface area contributed by atoms with Crippen molar-refractivity contribution in [3.05, 3.63) is 94.0 Å². The quantitative estimate of drug-likeness (QED) is 0.186. The van der Waals surface area contributed by atoms with Crippen LogP contribution in [0.4, 0.5) is 4.79 Å². The Kier molecular flexibility index (Phi) is 11.8. The molecule has 9 nitrogen and oxygen atoms in total. The Bertz CT molecular complexity index is 1320. The first-order valence-electron chi connectivity index (χ1n) is 12.6. The molecule has 0 radical (unpaired) electrons. The fraction of sp³-hybridized carbons (Fsp3) is 0.241. The third-order valence-electron chi connectivity index (χ3n) is 5.88. The monoisotopic (exact) mass is 584 g/mol. The van der Waals surface area contributed by atoms with Crippen LogP contribution in [0, 0.1) is 0 Å². The minimum atomic E-state index is -1.06. The van der Waals surface area contributed by atoms with E-state index < -0.39 is 23.9 Å². The highest BCUT2D eigenvalue weighted by Crippen LogP contribution is 2.24. The molecule has 0 saturated heterocycles. The van der Waals surface area contributed by atoms with Crippen LogP contribution >= 0.6 is 23.2 Å². The zero-order valence-corrected chi connectivity index (χ0v) is 23.1. The molecule has 0 heterocycles. The zero-order chi connectivity index (χ0) is 28.9. The van der Waals surface area contributed by atoms with Gasteiger partial charge in [-0.15, -0.1) is 0 Å². The maximum Gasteiger partial charge on any atom is 0.315 e. The lowest BCUT2D eigenvalue weighted by atomic mass is 9.99. The molecule has 1 unspecified atom stereocenters. The van der Waals surface area contributed by atoms with E-state index in [0.717, 1.165) is 16.7 Å². The van der Waals surface area contributed by atoms with Crippen LogP contribution in [0.25, 0.3) is 11.1 Å². The zero-order valence-electron chi connectivity index (χ0n) is 21.6. The minimum Gasteiger partial charge on any atom is -0.481 e. The molecule has 0 spiro atoms. The first-order valence-corrected chi connectivity index (χ1v) is 13.4. The molecule has 11 heteroatoms. The van der Waals surface area contributed by atoms with E-state index in [1.165, 1.54) is 0 Å². The van der Waals surface area contributed by atoms with Gasteiger partial charge in [0.2, 0.25) is 11.8 Å². The summed E-state index contributed by atoms with van der Waals surface area (Å²) in [5.74, 6) is -1.93. The van der Waals surface area contributed by atoms with Crippen molar-refractivity contribution in [2.24, 2.45) is 0 Å². The number of carboxylic acids is 1. The summed E-state index contributed by atoms with van der Waals surface area (Å²) in [7, 11) is 0. The van der Waals surface area contributed by atoms with Crippen LogP contribution in [0.5, 0.6) is 0 Å². The molecule has 0 aliphatic rings. The number of halogens is 2. The summed E-state index contributed by atoms with van der Waals surface area (Å²) >= 11 is 11.8. The molecule has 0 aliphatic carbocycles. The summed E-state index contributed by atoms with van der Waals surface area (Å²) in [6, 6.07) is 20.9. The van der Waals surface area contributed by atoms with Crippen molar-refractivity contribution in [3.8, 4) is 11.1 Å². The first-order chi connectivity index (χ1) is 19.2. The number of amides is 4. The van der Waals surface area contributed by atoms with Gasteiger partial charge in [-0.2, -0.15) is 0 Å². The van der Waals surface area contributed by atoms with Gasteiger partial charge in [0, 0.05) is 19.5 Å². The van der Waals surface area contributed by atoms with Gasteiger partial charge in [-0.25, -0.2) is 4.79 Å². The summed E-state index contributed by atoms with van der Waals surface area (Å²) in [6.07, 6.45) is 0.159. The number of carboxylic acid groups (broad SMARTS) is 1. The van der Waals surface area contributed by atoms with Crippen molar-refractivity contribution >= 4 is 47.0 Å². The lowest BCUT2D eigenvalue weighted by Gasteiger charge is -2.18. The van der Waals surface area contributed by atoms with Gasteiger partial charge < -0.3 is 26.4 Å². The topological polar surface area (TPSA) is 137 Å². The van der Waals surface area contributed by atoms with E-state index in [2.05, 4.69) is 21.3 Å². The Balaban J connectivity index is 1.37. The van der Waals surface area contributed by atoms with Crippen molar-refractivity contribution in [2.45, 2.75) is 31.8 Å². The molecule has 3 aromatic carbocycles. The molecule has 1 atom stereocenters. The van der Waals surface area contributed by atoms with Gasteiger partial charge in [0.25, 0.3) is 0 Å². The van der Waals surface area contributed by atoms with Crippen LogP contribution < -0.4 is 21.3 Å². The van der Waals surface area contributed by atoms with Crippen LogP contribution in [-0.4, -0.2) is 42.0 Å². The average Bonchev–Trinajstić information content (AvgIpc) is 2.95. The van der Waals surface area contributed by atoms with Gasteiger partial charge in [-0.05, 0) is 40.8 Å². The summed E-state index contributed by atoms with van der Waals surface area (Å²) in [5, 5.41) is 20.7. The molecule has 0 bridgehead atoms. The Labute approximate surface area is 242 Å². The highest BCUT2D eigenvalue weighted by molar-refractivity contribution is 6.42. The van der Waals surface area contributed by atoms with E-state index in [1.807, 2.05) is 42.5 Å². The molecule has 4 amide bonds. The summed E-state index contributed by atoms with van der Waals surface area (Å²) in [4.78, 5) is 47.9. The number of urea groups is 1. The number of aliphatic carboxylic acids is 1. The number of carbonyl (C=O) groups is 4. The number of hydrogen-bond donors (Lipinski definition) is 5. The second kappa shape index (κ2) is 15.5. The Morgan fingerprint density at radius 3 is 2.15 bits per heavy atom. The Morgan fingerprint density at radius 1 is 0.775 bits per heavy atom. The highest BCUT2D eigenvalue weighted by Gasteiger charge is 2.18. The SMILES string of the molecule is O=C(O)CC(NC(=O)CNC(=O)CCCNC(=O)NCc1ccc(Cl)c(Cl)c1)c1ccc(-c2ccccc2)cc1. The van der Waals surface area contributed by atoms with Gasteiger partial charge in [0.15, 0.2) is 0 Å². The second-order valence-corrected chi connectivity index (χ2v) is 9.76. The molecular weight excluding hydrogens is 555 g/mol. The van der Waals surface area contributed by atoms with Gasteiger partial charge in [-0.1, -0.05) is 83.9 Å². The minimum absolute atomic E-state index is 0.0971. The lowest BCUT2D eigenvalue weighted by Crippen LogP contribution is -2.39. The van der Waals surface area contributed by atoms with E-state index in [0.29, 0.717) is 22.0 Å². The molecule has 0 aromatic heterocycles. The maximum absolute atomic E-state index is 12.4. The number of hydrogen-bond acceptors (Lipinski definition) is 4. The van der Waals surface area contributed by atoms with Crippen LogP contribution in [0.1, 0.15) is 36.4 Å². The van der Waals surface area contributed by atoms with Gasteiger partial charge >= 0.3 is 12.0 Å². The van der Waals surface area contributed by atoms with Crippen LogP contribution in [0.2, 0.25) is 10.0 Å². The number of nitrogens with one attached hydrogen (secondary N) is 4. The second-order valence-electron chi connectivity index (χ2n) is 8.94. The standard InChI is InChI=1S/C29H30Cl2N4O5/c30-23-13-8-19(15-24(23)31)17-34-29(40)32-14-4-7-26(36)33-18-27(37)35-25(16-28(38)39)22-11-9-21(10-12-22)20-5-2-1-3-6-20/h1-3,5-6,8-13,15,25H,4,7,14,16-18H2,(H,33,36)(H,35,37)(H,38,39)(H2,32,34,40). The molecule has 5 N–H and O–H groups in total. The maximum atomic E-state index is 12.4. The van der Waals surface area contributed by atoms with Crippen LogP contribution in [0.3, 0.4) is 0 Å². The van der Waals surface area contributed by atoms with Gasteiger partial charge in [0.05, 0.1) is 29.1 Å². The molecule has 3 aromatic rings.